The van der Waals surface area contributed by atoms with Crippen molar-refractivity contribution in [2.75, 3.05) is 26.2 Å². The Morgan fingerprint density at radius 3 is 2.59 bits per heavy atom. The molecule has 0 spiro atoms. The topological polar surface area (TPSA) is 66.3 Å². The van der Waals surface area contributed by atoms with Crippen LogP contribution in [0.1, 0.15) is 43.4 Å². The maximum atomic E-state index is 13.8. The fourth-order valence-electron chi connectivity index (χ4n) is 4.12. The van der Waals surface area contributed by atoms with Crippen LogP contribution in [0.15, 0.2) is 30.5 Å². The fourth-order valence-corrected chi connectivity index (χ4v) is 5.24. The van der Waals surface area contributed by atoms with Gasteiger partial charge in [-0.15, -0.1) is 5.10 Å². The lowest BCUT2D eigenvalue weighted by Crippen LogP contribution is -2.54. The van der Waals surface area contributed by atoms with Crippen LogP contribution in [0.25, 0.3) is 0 Å². The van der Waals surface area contributed by atoms with Gasteiger partial charge < -0.3 is 15.1 Å². The summed E-state index contributed by atoms with van der Waals surface area (Å²) in [4.78, 5) is 16.6. The molecule has 1 aliphatic heterocycles. The van der Waals surface area contributed by atoms with E-state index in [2.05, 4.69) is 20.5 Å². The number of nitrogens with zero attached hydrogens (tertiary/aromatic N) is 5. The second-order valence-electron chi connectivity index (χ2n) is 8.31. The van der Waals surface area contributed by atoms with Crippen molar-refractivity contribution in [3.8, 4) is 0 Å². The van der Waals surface area contributed by atoms with E-state index in [0.717, 1.165) is 35.9 Å². The molecule has 0 atom stereocenters. The second kappa shape index (κ2) is 11.1. The highest BCUT2D eigenvalue weighted by atomic mass is 32.2. The summed E-state index contributed by atoms with van der Waals surface area (Å²) in [6.07, 6.45) is 7.72. The first-order valence-electron chi connectivity index (χ1n) is 11.2. The van der Waals surface area contributed by atoms with Crippen LogP contribution >= 0.6 is 24.0 Å². The van der Waals surface area contributed by atoms with Crippen molar-refractivity contribution in [1.82, 2.24) is 30.1 Å². The van der Waals surface area contributed by atoms with E-state index in [1.165, 1.54) is 25.3 Å². The zero-order chi connectivity index (χ0) is 22.3. The van der Waals surface area contributed by atoms with Gasteiger partial charge in [-0.05, 0) is 18.9 Å². The molecule has 1 saturated carbocycles. The SMILES string of the molecule is O=C(NC1CCCCC1)N1CCN(C(=S)SCc2cn(Cc3ccccc3F)nn2)CC1. The van der Waals surface area contributed by atoms with Crippen molar-refractivity contribution in [2.45, 2.75) is 50.4 Å². The summed E-state index contributed by atoms with van der Waals surface area (Å²) in [6.45, 7) is 3.18. The molecule has 4 rings (SSSR count). The fraction of sp³-hybridized carbons (Fsp3) is 0.545. The van der Waals surface area contributed by atoms with Crippen LogP contribution in [0.3, 0.4) is 0 Å². The summed E-state index contributed by atoms with van der Waals surface area (Å²) < 4.78 is 16.3. The first-order valence-corrected chi connectivity index (χ1v) is 12.6. The van der Waals surface area contributed by atoms with Crippen molar-refractivity contribution < 1.29 is 9.18 Å². The molecule has 2 aliphatic rings. The van der Waals surface area contributed by atoms with Crippen molar-refractivity contribution in [3.05, 3.63) is 47.5 Å². The van der Waals surface area contributed by atoms with E-state index in [1.54, 1.807) is 28.6 Å². The van der Waals surface area contributed by atoms with E-state index in [4.69, 9.17) is 12.2 Å². The third-order valence-corrected chi connectivity index (χ3v) is 7.53. The van der Waals surface area contributed by atoms with Crippen LogP contribution < -0.4 is 5.32 Å². The minimum Gasteiger partial charge on any atom is -0.354 e. The molecule has 1 saturated heterocycles. The molecular formula is C22H29FN6OS2. The van der Waals surface area contributed by atoms with Crippen molar-refractivity contribution in [2.24, 2.45) is 0 Å². The quantitative estimate of drug-likeness (QED) is 0.665. The molecule has 2 heterocycles. The van der Waals surface area contributed by atoms with Crippen LogP contribution in [-0.4, -0.2) is 67.4 Å². The van der Waals surface area contributed by atoms with Gasteiger partial charge in [-0.2, -0.15) is 0 Å². The Morgan fingerprint density at radius 2 is 1.84 bits per heavy atom. The van der Waals surface area contributed by atoms with Gasteiger partial charge in [0.15, 0.2) is 0 Å². The third kappa shape index (κ3) is 6.19. The molecule has 0 radical (unpaired) electrons. The van der Waals surface area contributed by atoms with Crippen molar-refractivity contribution >= 4 is 34.3 Å². The van der Waals surface area contributed by atoms with E-state index in [1.807, 2.05) is 17.2 Å². The minimum absolute atomic E-state index is 0.0570. The van der Waals surface area contributed by atoms with E-state index in [-0.39, 0.29) is 11.8 Å². The number of rotatable bonds is 5. The first kappa shape index (κ1) is 23.0. The van der Waals surface area contributed by atoms with Gasteiger partial charge in [-0.25, -0.2) is 13.9 Å². The van der Waals surface area contributed by atoms with Gasteiger partial charge in [-0.1, -0.05) is 66.7 Å². The van der Waals surface area contributed by atoms with E-state index in [9.17, 15) is 9.18 Å². The van der Waals surface area contributed by atoms with Crippen LogP contribution in [0.2, 0.25) is 0 Å². The number of nitrogens with one attached hydrogen (secondary N) is 1. The molecule has 2 fully saturated rings. The average Bonchev–Trinajstić information content (AvgIpc) is 3.27. The standard InChI is InChI=1S/C22H29FN6OS2/c23-20-9-5-4-6-17(20)14-29-15-19(25-26-29)16-32-22(31)28-12-10-27(11-13-28)21(30)24-18-7-2-1-3-8-18/h4-6,9,15,18H,1-3,7-8,10-14,16H2,(H,24,30). The Balaban J connectivity index is 1.19. The van der Waals surface area contributed by atoms with Gasteiger partial charge in [0.2, 0.25) is 0 Å². The number of hydrogen-bond donors (Lipinski definition) is 1. The summed E-state index contributed by atoms with van der Waals surface area (Å²) in [5.41, 5.74) is 1.39. The van der Waals surface area contributed by atoms with E-state index >= 15 is 0 Å². The van der Waals surface area contributed by atoms with Crippen molar-refractivity contribution in [1.29, 1.82) is 0 Å². The maximum Gasteiger partial charge on any atom is 0.317 e. The summed E-state index contributed by atoms with van der Waals surface area (Å²) in [5, 5.41) is 11.5. The molecular weight excluding hydrogens is 447 g/mol. The number of benzene rings is 1. The first-order chi connectivity index (χ1) is 15.6. The lowest BCUT2D eigenvalue weighted by molar-refractivity contribution is 0.165. The van der Waals surface area contributed by atoms with Crippen LogP contribution in [0.5, 0.6) is 0 Å². The van der Waals surface area contributed by atoms with E-state index in [0.29, 0.717) is 37.0 Å². The molecule has 2 aromatic rings. The zero-order valence-corrected chi connectivity index (χ0v) is 19.7. The predicted octanol–water partition coefficient (Wildman–Crippen LogP) is 3.64. The molecule has 1 aromatic carbocycles. The molecule has 32 heavy (non-hydrogen) atoms. The van der Waals surface area contributed by atoms with Gasteiger partial charge in [0, 0.05) is 49.7 Å². The summed E-state index contributed by atoms with van der Waals surface area (Å²) >= 11 is 7.15. The molecule has 7 nitrogen and oxygen atoms in total. The monoisotopic (exact) mass is 476 g/mol. The Kier molecular flexibility index (Phi) is 7.96. The van der Waals surface area contributed by atoms with Gasteiger partial charge in [0.05, 0.1) is 12.2 Å². The molecule has 1 aromatic heterocycles. The number of carbonyl (C=O) groups is 1. The average molecular weight is 477 g/mol. The molecule has 0 unspecified atom stereocenters. The summed E-state index contributed by atoms with van der Waals surface area (Å²) in [7, 11) is 0. The van der Waals surface area contributed by atoms with Crippen LogP contribution in [-0.2, 0) is 12.3 Å². The number of thioether (sulfide) groups is 1. The second-order valence-corrected chi connectivity index (χ2v) is 9.92. The normalized spacial score (nSPS) is 17.4. The number of aromatic nitrogens is 3. The van der Waals surface area contributed by atoms with Crippen LogP contribution in [0.4, 0.5) is 9.18 Å². The number of thiocarbonyl (C=S) groups is 1. The smallest absolute Gasteiger partial charge is 0.317 e. The number of halogens is 1. The Bertz CT molecular complexity index is 925. The number of carbonyl (C=O) groups excluding carboxylic acids is 1. The molecule has 1 N–H and O–H groups in total. The number of hydrogen-bond acceptors (Lipinski definition) is 5. The molecule has 0 bridgehead atoms. The zero-order valence-electron chi connectivity index (χ0n) is 18.1. The number of piperazine rings is 1. The highest BCUT2D eigenvalue weighted by Crippen LogP contribution is 2.19. The lowest BCUT2D eigenvalue weighted by Gasteiger charge is -2.36. The molecule has 1 aliphatic carbocycles. The van der Waals surface area contributed by atoms with Gasteiger partial charge >= 0.3 is 6.03 Å². The Morgan fingerprint density at radius 1 is 1.12 bits per heavy atom. The van der Waals surface area contributed by atoms with Gasteiger partial charge in [-0.3, -0.25) is 0 Å². The highest BCUT2D eigenvalue weighted by molar-refractivity contribution is 8.22. The van der Waals surface area contributed by atoms with Gasteiger partial charge in [0.1, 0.15) is 10.1 Å². The Hall–Kier alpha value is -2.20. The Labute approximate surface area is 197 Å². The molecule has 172 valence electrons. The number of amides is 2. The van der Waals surface area contributed by atoms with Gasteiger partial charge in [0.25, 0.3) is 0 Å². The maximum absolute atomic E-state index is 13.8. The summed E-state index contributed by atoms with van der Waals surface area (Å²) in [6, 6.07) is 7.06. The molecule has 10 heteroatoms. The lowest BCUT2D eigenvalue weighted by atomic mass is 9.96. The minimum atomic E-state index is -0.244. The largest absolute Gasteiger partial charge is 0.354 e. The number of urea groups is 1. The third-order valence-electron chi connectivity index (χ3n) is 5.98. The van der Waals surface area contributed by atoms with Crippen LogP contribution in [0, 0.1) is 5.82 Å². The molecule has 2 amide bonds. The highest BCUT2D eigenvalue weighted by Gasteiger charge is 2.25. The predicted molar refractivity (Wildman–Crippen MR) is 128 cm³/mol. The van der Waals surface area contributed by atoms with E-state index < -0.39 is 0 Å². The summed E-state index contributed by atoms with van der Waals surface area (Å²) in [5.74, 6) is 0.366. The van der Waals surface area contributed by atoms with Crippen molar-refractivity contribution in [3.63, 3.8) is 0 Å².